The summed E-state index contributed by atoms with van der Waals surface area (Å²) in [4.78, 5) is 2.69. The zero-order valence-electron chi connectivity index (χ0n) is 14.1. The van der Waals surface area contributed by atoms with E-state index in [2.05, 4.69) is 11.8 Å². The smallest absolute Gasteiger partial charge is 0.0622 e. The van der Waals surface area contributed by atoms with Crippen molar-refractivity contribution >= 4 is 0 Å². The highest BCUT2D eigenvalue weighted by Crippen LogP contribution is 2.24. The monoisotopic (exact) mass is 296 g/mol. The Morgan fingerprint density at radius 3 is 2.24 bits per heavy atom. The molecule has 3 unspecified atom stereocenters. The van der Waals surface area contributed by atoms with Gasteiger partial charge in [-0.15, -0.1) is 0 Å². The Kier molecular flexibility index (Phi) is 8.05. The van der Waals surface area contributed by atoms with Gasteiger partial charge < -0.3 is 10.5 Å². The van der Waals surface area contributed by atoms with Crippen molar-refractivity contribution in [2.24, 2.45) is 5.73 Å². The lowest BCUT2D eigenvalue weighted by atomic mass is 9.92. The van der Waals surface area contributed by atoms with E-state index in [1.165, 1.54) is 70.6 Å². The van der Waals surface area contributed by atoms with Crippen molar-refractivity contribution in [3.63, 3.8) is 0 Å². The van der Waals surface area contributed by atoms with Crippen LogP contribution in [0, 0.1) is 0 Å². The number of hydrogen-bond acceptors (Lipinski definition) is 3. The van der Waals surface area contributed by atoms with Gasteiger partial charge in [0, 0.05) is 24.7 Å². The average molecular weight is 296 g/mol. The lowest BCUT2D eigenvalue weighted by Gasteiger charge is -2.43. The van der Waals surface area contributed by atoms with Crippen molar-refractivity contribution in [2.45, 2.75) is 95.7 Å². The minimum atomic E-state index is 0.358. The highest BCUT2D eigenvalue weighted by atomic mass is 16.5. The van der Waals surface area contributed by atoms with Gasteiger partial charge in [0.1, 0.15) is 0 Å². The molecule has 0 radical (unpaired) electrons. The van der Waals surface area contributed by atoms with E-state index in [0.29, 0.717) is 18.1 Å². The molecule has 2 aliphatic rings. The molecular weight excluding hydrogens is 260 g/mol. The molecule has 21 heavy (non-hydrogen) atoms. The number of morpholine rings is 1. The largest absolute Gasteiger partial charge is 0.378 e. The van der Waals surface area contributed by atoms with Crippen LogP contribution in [0.5, 0.6) is 0 Å². The summed E-state index contributed by atoms with van der Waals surface area (Å²) >= 11 is 0. The van der Waals surface area contributed by atoms with Gasteiger partial charge in [0.25, 0.3) is 0 Å². The summed E-state index contributed by atoms with van der Waals surface area (Å²) in [5.74, 6) is 0. The third-order valence-electron chi connectivity index (χ3n) is 5.45. The molecule has 0 spiro atoms. The van der Waals surface area contributed by atoms with E-state index in [-0.39, 0.29) is 0 Å². The van der Waals surface area contributed by atoms with E-state index in [9.17, 15) is 0 Å². The average Bonchev–Trinajstić information content (AvgIpc) is 2.51. The number of hydrogen-bond donors (Lipinski definition) is 1. The summed E-state index contributed by atoms with van der Waals surface area (Å²) in [5, 5.41) is 0. The van der Waals surface area contributed by atoms with E-state index in [0.717, 1.165) is 19.8 Å². The molecule has 0 amide bonds. The van der Waals surface area contributed by atoms with E-state index in [1.807, 2.05) is 0 Å². The van der Waals surface area contributed by atoms with Crippen molar-refractivity contribution in [3.8, 4) is 0 Å². The van der Waals surface area contributed by atoms with Crippen LogP contribution in [-0.4, -0.2) is 42.8 Å². The molecule has 0 aromatic heterocycles. The first-order valence-corrected chi connectivity index (χ1v) is 9.42. The molecule has 0 aromatic rings. The topological polar surface area (TPSA) is 38.5 Å². The van der Waals surface area contributed by atoms with Gasteiger partial charge in [-0.2, -0.15) is 0 Å². The van der Waals surface area contributed by atoms with Crippen LogP contribution >= 0.6 is 0 Å². The molecule has 1 heterocycles. The van der Waals surface area contributed by atoms with E-state index >= 15 is 0 Å². The summed E-state index contributed by atoms with van der Waals surface area (Å²) in [7, 11) is 0. The molecule has 2 N–H and O–H groups in total. The van der Waals surface area contributed by atoms with Crippen molar-refractivity contribution in [2.75, 3.05) is 19.8 Å². The zero-order valence-corrected chi connectivity index (χ0v) is 14.1. The van der Waals surface area contributed by atoms with Crippen LogP contribution in [0.15, 0.2) is 0 Å². The minimum Gasteiger partial charge on any atom is -0.378 e. The molecule has 1 aliphatic carbocycles. The third kappa shape index (κ3) is 5.54. The zero-order chi connectivity index (χ0) is 14.9. The third-order valence-corrected chi connectivity index (χ3v) is 5.45. The van der Waals surface area contributed by atoms with Crippen LogP contribution < -0.4 is 5.73 Å². The summed E-state index contributed by atoms with van der Waals surface area (Å²) in [5.41, 5.74) is 6.62. The molecule has 2 rings (SSSR count). The maximum Gasteiger partial charge on any atom is 0.0622 e. The SMILES string of the molecule is CCC1COCCN1C1CCCCCCCCCCC1N. The van der Waals surface area contributed by atoms with Crippen LogP contribution in [0.4, 0.5) is 0 Å². The maximum absolute atomic E-state index is 6.62. The first kappa shape index (κ1) is 17.2. The maximum atomic E-state index is 6.62. The fourth-order valence-electron chi connectivity index (χ4n) is 4.07. The molecule has 3 heteroatoms. The Bertz CT molecular complexity index is 272. The van der Waals surface area contributed by atoms with Gasteiger partial charge >= 0.3 is 0 Å². The molecule has 0 bridgehead atoms. The standard InChI is InChI=1S/C18H36N2O/c1-2-16-15-21-14-13-20(16)18-12-10-8-6-4-3-5-7-9-11-17(18)19/h16-18H,2-15,19H2,1H3. The number of rotatable bonds is 2. The fraction of sp³-hybridized carbons (Fsp3) is 1.00. The first-order chi connectivity index (χ1) is 10.3. The summed E-state index contributed by atoms with van der Waals surface area (Å²) in [6.45, 7) is 5.16. The van der Waals surface area contributed by atoms with Gasteiger partial charge in [0.2, 0.25) is 0 Å². The molecule has 3 nitrogen and oxygen atoms in total. The number of ether oxygens (including phenoxy) is 1. The van der Waals surface area contributed by atoms with Crippen LogP contribution in [-0.2, 0) is 4.74 Å². The van der Waals surface area contributed by atoms with Gasteiger partial charge in [-0.25, -0.2) is 0 Å². The van der Waals surface area contributed by atoms with Crippen LogP contribution in [0.1, 0.15) is 77.6 Å². The van der Waals surface area contributed by atoms with Crippen molar-refractivity contribution in [3.05, 3.63) is 0 Å². The molecule has 124 valence electrons. The van der Waals surface area contributed by atoms with Crippen LogP contribution in [0.2, 0.25) is 0 Å². The number of nitrogens with two attached hydrogens (primary N) is 1. The minimum absolute atomic E-state index is 0.358. The Morgan fingerprint density at radius 2 is 1.57 bits per heavy atom. The van der Waals surface area contributed by atoms with Crippen LogP contribution in [0.3, 0.4) is 0 Å². The van der Waals surface area contributed by atoms with Gasteiger partial charge in [-0.05, 0) is 19.3 Å². The normalized spacial score (nSPS) is 34.9. The molecular formula is C18H36N2O. The highest BCUT2D eigenvalue weighted by Gasteiger charge is 2.31. The van der Waals surface area contributed by atoms with Gasteiger partial charge in [-0.1, -0.05) is 58.3 Å². The fourth-order valence-corrected chi connectivity index (χ4v) is 4.07. The lowest BCUT2D eigenvalue weighted by Crippen LogP contribution is -2.56. The van der Waals surface area contributed by atoms with Crippen LogP contribution in [0.25, 0.3) is 0 Å². The lowest BCUT2D eigenvalue weighted by molar-refractivity contribution is -0.0379. The first-order valence-electron chi connectivity index (χ1n) is 9.42. The predicted octanol–water partition coefficient (Wildman–Crippen LogP) is 3.71. The van der Waals surface area contributed by atoms with Gasteiger partial charge in [0.15, 0.2) is 0 Å². The predicted molar refractivity (Wildman–Crippen MR) is 89.5 cm³/mol. The Hall–Kier alpha value is -0.120. The highest BCUT2D eigenvalue weighted by molar-refractivity contribution is 4.88. The Morgan fingerprint density at radius 1 is 0.952 bits per heavy atom. The van der Waals surface area contributed by atoms with Gasteiger partial charge in [-0.3, -0.25) is 4.90 Å². The Balaban J connectivity index is 1.96. The molecule has 1 saturated carbocycles. The summed E-state index contributed by atoms with van der Waals surface area (Å²) in [6, 6.07) is 1.53. The van der Waals surface area contributed by atoms with Crippen molar-refractivity contribution in [1.29, 1.82) is 0 Å². The molecule has 1 aliphatic heterocycles. The summed E-state index contributed by atoms with van der Waals surface area (Å²) < 4.78 is 5.68. The van der Waals surface area contributed by atoms with Crippen molar-refractivity contribution in [1.82, 2.24) is 4.90 Å². The second-order valence-electron chi connectivity index (χ2n) is 7.01. The van der Waals surface area contributed by atoms with E-state index < -0.39 is 0 Å². The van der Waals surface area contributed by atoms with E-state index in [4.69, 9.17) is 10.5 Å². The molecule has 0 aromatic carbocycles. The second-order valence-corrected chi connectivity index (χ2v) is 7.01. The molecule has 2 fully saturated rings. The quantitative estimate of drug-likeness (QED) is 0.844. The summed E-state index contributed by atoms with van der Waals surface area (Å²) in [6.07, 6.45) is 14.8. The Labute approximate surface area is 131 Å². The van der Waals surface area contributed by atoms with E-state index in [1.54, 1.807) is 0 Å². The second kappa shape index (κ2) is 9.81. The molecule has 1 saturated heterocycles. The van der Waals surface area contributed by atoms with Gasteiger partial charge in [0.05, 0.1) is 13.2 Å². The van der Waals surface area contributed by atoms with Crippen molar-refractivity contribution < 1.29 is 4.74 Å². The number of nitrogens with zero attached hydrogens (tertiary/aromatic N) is 1. The molecule has 3 atom stereocenters.